The fraction of sp³-hybridized carbons (Fsp3) is 0.478. The van der Waals surface area contributed by atoms with Crippen molar-refractivity contribution in [2.24, 2.45) is 9.98 Å². The molecule has 1 aromatic rings. The van der Waals surface area contributed by atoms with Crippen LogP contribution < -0.4 is 15.5 Å². The lowest BCUT2D eigenvalue weighted by Gasteiger charge is -2.34. The highest BCUT2D eigenvalue weighted by atomic mass is 16.5. The number of anilines is 1. The second kappa shape index (κ2) is 8.62. The number of piperidine rings is 1. The van der Waals surface area contributed by atoms with Gasteiger partial charge in [0.05, 0.1) is 25.0 Å². The number of nitrogens with one attached hydrogen (secondary N) is 2. The van der Waals surface area contributed by atoms with E-state index < -0.39 is 0 Å². The van der Waals surface area contributed by atoms with Gasteiger partial charge < -0.3 is 25.2 Å². The number of aliphatic imine (C=N–C) groups is 2. The second-order valence-electron chi connectivity index (χ2n) is 8.25. The van der Waals surface area contributed by atoms with E-state index >= 15 is 0 Å². The molecule has 0 radical (unpaired) electrons. The van der Waals surface area contributed by atoms with Crippen LogP contribution in [0.5, 0.6) is 0 Å². The Labute approximate surface area is 178 Å². The van der Waals surface area contributed by atoms with Gasteiger partial charge in [-0.3, -0.25) is 4.99 Å². The van der Waals surface area contributed by atoms with Crippen molar-refractivity contribution in [2.45, 2.75) is 24.9 Å². The number of morpholine rings is 1. The summed E-state index contributed by atoms with van der Waals surface area (Å²) in [5, 5.41) is 7.13. The molecule has 4 aliphatic heterocycles. The molecule has 0 saturated carbocycles. The molecule has 2 N–H and O–H groups in total. The smallest absolute Gasteiger partial charge is 0.151 e. The van der Waals surface area contributed by atoms with E-state index in [9.17, 15) is 0 Å². The van der Waals surface area contributed by atoms with Crippen molar-refractivity contribution in [3.63, 3.8) is 0 Å². The molecule has 5 rings (SSSR count). The third-order valence-electron chi connectivity index (χ3n) is 6.24. The zero-order valence-corrected chi connectivity index (χ0v) is 17.6. The van der Waals surface area contributed by atoms with Crippen LogP contribution in [0, 0.1) is 0 Å². The molecule has 4 aliphatic rings. The number of fused-ring (bicyclic) bond motifs is 1. The van der Waals surface area contributed by atoms with Gasteiger partial charge in [-0.05, 0) is 44.1 Å². The monoisotopic (exact) mass is 406 g/mol. The zero-order chi connectivity index (χ0) is 20.3. The molecule has 0 aliphatic carbocycles. The molecular formula is C23H30N6O. The van der Waals surface area contributed by atoms with Crippen molar-refractivity contribution < 1.29 is 4.74 Å². The minimum Gasteiger partial charge on any atom is -0.378 e. The van der Waals surface area contributed by atoms with Gasteiger partial charge in [0.15, 0.2) is 5.84 Å². The topological polar surface area (TPSA) is 64.5 Å². The Balaban J connectivity index is 1.41. The summed E-state index contributed by atoms with van der Waals surface area (Å²) in [7, 11) is 2.10. The first-order valence-electron chi connectivity index (χ1n) is 11.0. The number of ether oxygens (including phenoxy) is 1. The van der Waals surface area contributed by atoms with E-state index in [1.54, 1.807) is 0 Å². The Bertz CT molecular complexity index is 875. The highest BCUT2D eigenvalue weighted by Crippen LogP contribution is 2.27. The molecule has 7 nitrogen and oxygen atoms in total. The molecular weight excluding hydrogens is 376 g/mol. The number of benzene rings is 1. The predicted octanol–water partition coefficient (Wildman–Crippen LogP) is 1.84. The van der Waals surface area contributed by atoms with E-state index in [-0.39, 0.29) is 6.04 Å². The van der Waals surface area contributed by atoms with Gasteiger partial charge in [0, 0.05) is 49.8 Å². The minimum absolute atomic E-state index is 0.102. The van der Waals surface area contributed by atoms with Gasteiger partial charge in [-0.2, -0.15) is 0 Å². The number of hydrogen-bond acceptors (Lipinski definition) is 7. The van der Waals surface area contributed by atoms with Crippen molar-refractivity contribution >= 4 is 22.9 Å². The Hall–Kier alpha value is -2.64. The van der Waals surface area contributed by atoms with Crippen LogP contribution in [-0.2, 0) is 4.74 Å². The molecule has 158 valence electrons. The molecule has 0 spiro atoms. The predicted molar refractivity (Wildman–Crippen MR) is 122 cm³/mol. The number of hydrogen-bond donors (Lipinski definition) is 2. The highest BCUT2D eigenvalue weighted by molar-refractivity contribution is 6.45. The van der Waals surface area contributed by atoms with Gasteiger partial charge in [0.25, 0.3) is 0 Å². The van der Waals surface area contributed by atoms with Gasteiger partial charge in [-0.25, -0.2) is 4.99 Å². The lowest BCUT2D eigenvalue weighted by Crippen LogP contribution is -2.51. The van der Waals surface area contributed by atoms with Crippen LogP contribution in [0.1, 0.15) is 18.4 Å². The SMILES string of the molecule is CN1C=CN=C2C(NC3CCNCC3)=NC(c3ccc(N4CCOCC4)cc3)=CC21. The Morgan fingerprint density at radius 1 is 1.10 bits per heavy atom. The molecule has 0 bridgehead atoms. The summed E-state index contributed by atoms with van der Waals surface area (Å²) in [6.45, 7) is 5.59. The molecule has 1 aromatic carbocycles. The van der Waals surface area contributed by atoms with Gasteiger partial charge in [-0.15, -0.1) is 0 Å². The normalized spacial score (nSPS) is 24.7. The number of likely N-dealkylation sites (N-methyl/N-ethyl adjacent to an activating group) is 1. The zero-order valence-electron chi connectivity index (χ0n) is 17.6. The Morgan fingerprint density at radius 2 is 1.87 bits per heavy atom. The molecule has 4 heterocycles. The molecule has 1 atom stereocenters. The Morgan fingerprint density at radius 3 is 2.63 bits per heavy atom. The summed E-state index contributed by atoms with van der Waals surface area (Å²) < 4.78 is 5.47. The van der Waals surface area contributed by atoms with Crippen LogP contribution >= 0.6 is 0 Å². The van der Waals surface area contributed by atoms with E-state index in [4.69, 9.17) is 9.73 Å². The summed E-state index contributed by atoms with van der Waals surface area (Å²) in [5.74, 6) is 0.915. The number of rotatable bonds is 3. The number of amidine groups is 1. The highest BCUT2D eigenvalue weighted by Gasteiger charge is 2.30. The quantitative estimate of drug-likeness (QED) is 0.802. The molecule has 30 heavy (non-hydrogen) atoms. The first-order chi connectivity index (χ1) is 14.8. The molecule has 2 saturated heterocycles. The molecule has 0 amide bonds. The van der Waals surface area contributed by atoms with Crippen LogP contribution in [0.15, 0.2) is 52.7 Å². The average molecular weight is 407 g/mol. The molecule has 2 fully saturated rings. The second-order valence-corrected chi connectivity index (χ2v) is 8.25. The van der Waals surface area contributed by atoms with Crippen LogP contribution in [0.4, 0.5) is 5.69 Å². The lowest BCUT2D eigenvalue weighted by atomic mass is 9.99. The maximum atomic E-state index is 5.47. The van der Waals surface area contributed by atoms with E-state index in [1.165, 1.54) is 5.69 Å². The van der Waals surface area contributed by atoms with Crippen LogP contribution in [0.3, 0.4) is 0 Å². The third-order valence-corrected chi connectivity index (χ3v) is 6.24. The fourth-order valence-electron chi connectivity index (χ4n) is 4.43. The average Bonchev–Trinajstić information content (AvgIpc) is 2.81. The van der Waals surface area contributed by atoms with E-state index in [0.29, 0.717) is 6.04 Å². The summed E-state index contributed by atoms with van der Waals surface area (Å²) in [4.78, 5) is 14.3. The van der Waals surface area contributed by atoms with Crippen LogP contribution in [0.25, 0.3) is 5.70 Å². The van der Waals surface area contributed by atoms with Gasteiger partial charge in [0.2, 0.25) is 0 Å². The largest absolute Gasteiger partial charge is 0.378 e. The van der Waals surface area contributed by atoms with Crippen LogP contribution in [-0.4, -0.2) is 75.0 Å². The fourth-order valence-corrected chi connectivity index (χ4v) is 4.43. The van der Waals surface area contributed by atoms with Crippen molar-refractivity contribution in [2.75, 3.05) is 51.3 Å². The first kappa shape index (κ1) is 19.3. The maximum Gasteiger partial charge on any atom is 0.151 e. The van der Waals surface area contributed by atoms with Crippen molar-refractivity contribution in [1.82, 2.24) is 15.5 Å². The van der Waals surface area contributed by atoms with E-state index in [0.717, 1.165) is 75.0 Å². The van der Waals surface area contributed by atoms with Crippen molar-refractivity contribution in [1.29, 1.82) is 0 Å². The van der Waals surface area contributed by atoms with Crippen molar-refractivity contribution in [3.8, 4) is 0 Å². The summed E-state index contributed by atoms with van der Waals surface area (Å²) in [6, 6.07) is 9.31. The molecule has 7 heteroatoms. The van der Waals surface area contributed by atoms with Crippen LogP contribution in [0.2, 0.25) is 0 Å². The standard InChI is InChI=1S/C23H30N6O/c1-28-11-10-25-22-21(28)16-20(27-23(22)26-18-6-8-24-9-7-18)17-2-4-19(5-3-17)29-12-14-30-15-13-29/h2-5,10-11,16,18,21,24H,6-9,12-15H2,1H3,(H,26,27). The van der Waals surface area contributed by atoms with E-state index in [2.05, 4.69) is 62.8 Å². The Kier molecular flexibility index (Phi) is 5.55. The summed E-state index contributed by atoms with van der Waals surface area (Å²) in [6.07, 6.45) is 8.32. The van der Waals surface area contributed by atoms with E-state index in [1.807, 2.05) is 12.4 Å². The summed E-state index contributed by atoms with van der Waals surface area (Å²) in [5.41, 5.74) is 4.40. The number of nitrogens with zero attached hydrogens (tertiary/aromatic N) is 4. The maximum absolute atomic E-state index is 5.47. The van der Waals surface area contributed by atoms with Crippen molar-refractivity contribution in [3.05, 3.63) is 48.3 Å². The lowest BCUT2D eigenvalue weighted by molar-refractivity contribution is 0.122. The molecule has 0 aromatic heterocycles. The molecule has 1 unspecified atom stereocenters. The first-order valence-corrected chi connectivity index (χ1v) is 11.0. The minimum atomic E-state index is 0.102. The van der Waals surface area contributed by atoms with Gasteiger partial charge in [0.1, 0.15) is 5.71 Å². The van der Waals surface area contributed by atoms with Gasteiger partial charge in [-0.1, -0.05) is 12.1 Å². The third kappa shape index (κ3) is 4.00. The van der Waals surface area contributed by atoms with Gasteiger partial charge >= 0.3 is 0 Å². The summed E-state index contributed by atoms with van der Waals surface area (Å²) >= 11 is 0.